The zero-order chi connectivity index (χ0) is 13.8. The molecule has 2 rings (SSSR count). The fourth-order valence-electron chi connectivity index (χ4n) is 1.84. The minimum Gasteiger partial charge on any atom is -0.242 e. The Morgan fingerprint density at radius 2 is 1.68 bits per heavy atom. The molecule has 4 heteroatoms. The quantitative estimate of drug-likeness (QED) is 0.771. The lowest BCUT2D eigenvalue weighted by Crippen LogP contribution is -2.00. The maximum Gasteiger partial charge on any atom is 0.130 e. The Morgan fingerprint density at radius 1 is 1.05 bits per heavy atom. The van der Waals surface area contributed by atoms with Crippen molar-refractivity contribution in [1.82, 2.24) is 0 Å². The van der Waals surface area contributed by atoms with Crippen molar-refractivity contribution in [2.75, 3.05) is 0 Å². The molecule has 1 atom stereocenters. The van der Waals surface area contributed by atoms with Crippen LogP contribution in [0, 0.1) is 11.3 Å². The molecule has 0 bridgehead atoms. The zero-order valence-corrected chi connectivity index (χ0v) is 11.4. The number of benzene rings is 2. The summed E-state index contributed by atoms with van der Waals surface area (Å²) in [6.07, 6.45) is -1.04. The minimum atomic E-state index is -1.24. The topological polar surface area (TPSA) is 23.8 Å². The Labute approximate surface area is 121 Å². The number of hydrogen-bond acceptors (Lipinski definition) is 1. The summed E-state index contributed by atoms with van der Waals surface area (Å²) in [5.41, 5.74) is 1.46. The monoisotopic (exact) mass is 293 g/mol. The lowest BCUT2D eigenvalue weighted by molar-refractivity contribution is 0.342. The van der Waals surface area contributed by atoms with Crippen LogP contribution in [0.5, 0.6) is 0 Å². The van der Waals surface area contributed by atoms with E-state index in [0.717, 1.165) is 5.56 Å². The molecule has 0 saturated heterocycles. The molecule has 0 aliphatic carbocycles. The van der Waals surface area contributed by atoms with E-state index in [4.69, 9.17) is 28.5 Å². The molecular weight excluding hydrogens is 284 g/mol. The Hall–Kier alpha value is -1.56. The van der Waals surface area contributed by atoms with Crippen LogP contribution >= 0.6 is 23.2 Å². The number of nitrogens with zero attached hydrogens (tertiary/aromatic N) is 1. The lowest BCUT2D eigenvalue weighted by Gasteiger charge is -2.10. The number of rotatable bonds is 3. The van der Waals surface area contributed by atoms with Crippen LogP contribution in [0.2, 0.25) is 10.0 Å². The summed E-state index contributed by atoms with van der Waals surface area (Å²) in [5.74, 6) is 0. The first-order valence-corrected chi connectivity index (χ1v) is 6.44. The van der Waals surface area contributed by atoms with Gasteiger partial charge in [0.2, 0.25) is 0 Å². The van der Waals surface area contributed by atoms with Gasteiger partial charge in [0.15, 0.2) is 0 Å². The van der Waals surface area contributed by atoms with E-state index in [9.17, 15) is 4.39 Å². The van der Waals surface area contributed by atoms with E-state index in [2.05, 4.69) is 0 Å². The largest absolute Gasteiger partial charge is 0.242 e. The van der Waals surface area contributed by atoms with Gasteiger partial charge in [0.25, 0.3) is 0 Å². The summed E-state index contributed by atoms with van der Waals surface area (Å²) in [6.45, 7) is 0. The van der Waals surface area contributed by atoms with Crippen LogP contribution in [0.3, 0.4) is 0 Å². The molecule has 19 heavy (non-hydrogen) atoms. The van der Waals surface area contributed by atoms with E-state index in [1.807, 2.05) is 6.07 Å². The molecule has 2 aromatic carbocycles. The number of nitriles is 1. The van der Waals surface area contributed by atoms with Crippen molar-refractivity contribution in [2.24, 2.45) is 0 Å². The molecule has 1 unspecified atom stereocenters. The second kappa shape index (κ2) is 6.06. The molecule has 0 radical (unpaired) electrons. The van der Waals surface area contributed by atoms with Crippen molar-refractivity contribution in [2.45, 2.75) is 12.6 Å². The third-order valence-electron chi connectivity index (χ3n) is 2.80. The highest BCUT2D eigenvalue weighted by atomic mass is 35.5. The van der Waals surface area contributed by atoms with Crippen LogP contribution in [0.25, 0.3) is 0 Å². The van der Waals surface area contributed by atoms with Gasteiger partial charge in [-0.2, -0.15) is 5.26 Å². The van der Waals surface area contributed by atoms with Gasteiger partial charge in [-0.3, -0.25) is 0 Å². The Morgan fingerprint density at radius 3 is 2.32 bits per heavy atom. The predicted octanol–water partition coefficient (Wildman–Crippen LogP) is 5.12. The summed E-state index contributed by atoms with van der Waals surface area (Å²) >= 11 is 11.6. The van der Waals surface area contributed by atoms with Crippen LogP contribution in [0.4, 0.5) is 4.39 Å². The molecule has 0 heterocycles. The average molecular weight is 294 g/mol. The zero-order valence-electron chi connectivity index (χ0n) is 9.91. The molecule has 0 N–H and O–H groups in total. The fraction of sp³-hybridized carbons (Fsp3) is 0.133. The Balaban J connectivity index is 2.23. The Kier molecular flexibility index (Phi) is 4.42. The van der Waals surface area contributed by atoms with E-state index >= 15 is 0 Å². The SMILES string of the molecule is N#Cc1cc(Cl)ccc1C(F)Cc1ccc(Cl)cc1. The molecule has 0 aliphatic heterocycles. The van der Waals surface area contributed by atoms with E-state index in [1.165, 1.54) is 6.07 Å². The first-order valence-electron chi connectivity index (χ1n) is 5.68. The maximum atomic E-state index is 14.3. The third kappa shape index (κ3) is 3.47. The van der Waals surface area contributed by atoms with Crippen molar-refractivity contribution in [3.8, 4) is 6.07 Å². The summed E-state index contributed by atoms with van der Waals surface area (Å²) in [5, 5.41) is 10.0. The maximum absolute atomic E-state index is 14.3. The van der Waals surface area contributed by atoms with Crippen LogP contribution in [0.15, 0.2) is 42.5 Å². The highest BCUT2D eigenvalue weighted by molar-refractivity contribution is 6.30. The molecule has 0 amide bonds. The van der Waals surface area contributed by atoms with E-state index < -0.39 is 6.17 Å². The molecule has 0 aliphatic rings. The van der Waals surface area contributed by atoms with Gasteiger partial charge in [0.05, 0.1) is 11.6 Å². The van der Waals surface area contributed by atoms with Gasteiger partial charge >= 0.3 is 0 Å². The second-order valence-electron chi connectivity index (χ2n) is 4.14. The highest BCUT2D eigenvalue weighted by Crippen LogP contribution is 2.27. The molecule has 0 aromatic heterocycles. The van der Waals surface area contributed by atoms with Crippen LogP contribution in [-0.4, -0.2) is 0 Å². The fourth-order valence-corrected chi connectivity index (χ4v) is 2.13. The van der Waals surface area contributed by atoms with Gasteiger partial charge in [-0.05, 0) is 29.8 Å². The van der Waals surface area contributed by atoms with Gasteiger partial charge in [-0.15, -0.1) is 0 Å². The average Bonchev–Trinajstić information content (AvgIpc) is 2.41. The van der Waals surface area contributed by atoms with Crippen molar-refractivity contribution in [3.05, 3.63) is 69.2 Å². The van der Waals surface area contributed by atoms with Crippen LogP contribution in [0.1, 0.15) is 22.9 Å². The highest BCUT2D eigenvalue weighted by Gasteiger charge is 2.15. The number of halogens is 3. The third-order valence-corrected chi connectivity index (χ3v) is 3.29. The second-order valence-corrected chi connectivity index (χ2v) is 5.01. The number of alkyl halides is 1. The molecule has 96 valence electrons. The minimum absolute atomic E-state index is 0.202. The molecular formula is C15H10Cl2FN. The first kappa shape index (κ1) is 13.9. The van der Waals surface area contributed by atoms with Crippen molar-refractivity contribution in [3.63, 3.8) is 0 Å². The summed E-state index contributed by atoms with van der Waals surface area (Å²) in [7, 11) is 0. The van der Waals surface area contributed by atoms with Gasteiger partial charge in [-0.1, -0.05) is 41.4 Å². The van der Waals surface area contributed by atoms with E-state index in [0.29, 0.717) is 15.6 Å². The summed E-state index contributed by atoms with van der Waals surface area (Å²) < 4.78 is 14.3. The van der Waals surface area contributed by atoms with Crippen LogP contribution in [-0.2, 0) is 6.42 Å². The van der Waals surface area contributed by atoms with Gasteiger partial charge in [-0.25, -0.2) is 4.39 Å². The normalized spacial score (nSPS) is 11.9. The smallest absolute Gasteiger partial charge is 0.130 e. The molecule has 0 fully saturated rings. The number of hydrogen-bond donors (Lipinski definition) is 0. The molecule has 0 saturated carbocycles. The first-order chi connectivity index (χ1) is 9.10. The van der Waals surface area contributed by atoms with E-state index in [1.54, 1.807) is 36.4 Å². The summed E-state index contributed by atoms with van der Waals surface area (Å²) in [6, 6.07) is 13.6. The summed E-state index contributed by atoms with van der Waals surface area (Å²) in [4.78, 5) is 0. The Bertz CT molecular complexity index is 617. The van der Waals surface area contributed by atoms with Gasteiger partial charge in [0.1, 0.15) is 6.17 Å². The predicted molar refractivity (Wildman–Crippen MR) is 75.2 cm³/mol. The van der Waals surface area contributed by atoms with Crippen molar-refractivity contribution < 1.29 is 4.39 Å². The lowest BCUT2D eigenvalue weighted by atomic mass is 9.99. The molecule has 2 aromatic rings. The molecule has 0 spiro atoms. The van der Waals surface area contributed by atoms with Gasteiger partial charge in [0, 0.05) is 22.0 Å². The van der Waals surface area contributed by atoms with Gasteiger partial charge < -0.3 is 0 Å². The van der Waals surface area contributed by atoms with Crippen molar-refractivity contribution in [1.29, 1.82) is 5.26 Å². The van der Waals surface area contributed by atoms with E-state index in [-0.39, 0.29) is 12.0 Å². The van der Waals surface area contributed by atoms with Crippen LogP contribution < -0.4 is 0 Å². The molecule has 1 nitrogen and oxygen atoms in total. The standard InChI is InChI=1S/C15H10Cl2FN/c16-12-3-1-10(2-4-12)7-15(18)14-6-5-13(17)8-11(14)9-19/h1-6,8,15H,7H2. The van der Waals surface area contributed by atoms with Crippen molar-refractivity contribution >= 4 is 23.2 Å².